The summed E-state index contributed by atoms with van der Waals surface area (Å²) in [5, 5.41) is 3.23. The Morgan fingerprint density at radius 3 is 2.06 bits per heavy atom. The van der Waals surface area contributed by atoms with Gasteiger partial charge in [0.1, 0.15) is 11.4 Å². The fraction of sp³-hybridized carbons (Fsp3) is 0.385. The highest BCUT2D eigenvalue weighted by Crippen LogP contribution is 2.31. The van der Waals surface area contributed by atoms with Gasteiger partial charge in [-0.1, -0.05) is 19.1 Å². The molecule has 2 aliphatic heterocycles. The van der Waals surface area contributed by atoms with Gasteiger partial charge in [0.05, 0.1) is 12.2 Å². The zero-order valence-corrected chi connectivity index (χ0v) is 19.6. The van der Waals surface area contributed by atoms with Crippen molar-refractivity contribution in [2.75, 3.05) is 56.1 Å². The van der Waals surface area contributed by atoms with Crippen molar-refractivity contribution in [3.05, 3.63) is 59.8 Å². The van der Waals surface area contributed by atoms with E-state index in [1.807, 2.05) is 50.2 Å². The summed E-state index contributed by atoms with van der Waals surface area (Å²) in [5.74, 6) is 0.154. The number of piperazine rings is 1. The molecule has 2 heterocycles. The summed E-state index contributed by atoms with van der Waals surface area (Å²) in [6.07, 6.45) is 0. The summed E-state index contributed by atoms with van der Waals surface area (Å²) >= 11 is 0. The van der Waals surface area contributed by atoms with Gasteiger partial charge in [0.2, 0.25) is 0 Å². The molecule has 0 aromatic heterocycles. The van der Waals surface area contributed by atoms with Gasteiger partial charge >= 0.3 is 0 Å². The zero-order chi connectivity index (χ0) is 23.4. The maximum absolute atomic E-state index is 13.0. The number of amides is 2. The minimum atomic E-state index is -0.300. The molecule has 0 atom stereocenters. The summed E-state index contributed by atoms with van der Waals surface area (Å²) in [7, 11) is 0. The van der Waals surface area contributed by atoms with Gasteiger partial charge in [0.25, 0.3) is 11.8 Å². The minimum absolute atomic E-state index is 0.278. The maximum Gasteiger partial charge on any atom is 0.278 e. The van der Waals surface area contributed by atoms with Crippen LogP contribution < -0.4 is 15.0 Å². The number of hydrogen-bond acceptors (Lipinski definition) is 6. The van der Waals surface area contributed by atoms with Crippen LogP contribution in [0.1, 0.15) is 26.3 Å². The average Bonchev–Trinajstić information content (AvgIpc) is 3.09. The second kappa shape index (κ2) is 10.1. The summed E-state index contributed by atoms with van der Waals surface area (Å²) in [6, 6.07) is 15.4. The molecule has 0 saturated carbocycles. The number of anilines is 2. The van der Waals surface area contributed by atoms with Gasteiger partial charge in [-0.15, -0.1) is 0 Å². The number of likely N-dealkylation sites (N-methyl/N-ethyl adjacent to an activating group) is 2. The van der Waals surface area contributed by atoms with Gasteiger partial charge in [0.15, 0.2) is 0 Å². The van der Waals surface area contributed by atoms with Crippen molar-refractivity contribution in [3.8, 4) is 5.75 Å². The monoisotopic (exact) mass is 448 g/mol. The number of hydrogen-bond donors (Lipinski definition) is 1. The first-order valence-corrected chi connectivity index (χ1v) is 11.7. The van der Waals surface area contributed by atoms with Crippen molar-refractivity contribution in [3.63, 3.8) is 0 Å². The molecule has 7 nitrogen and oxygen atoms in total. The molecule has 2 aromatic rings. The van der Waals surface area contributed by atoms with Gasteiger partial charge in [-0.3, -0.25) is 14.5 Å². The molecular weight excluding hydrogens is 416 g/mol. The SMILES string of the molecule is CCOc1ccc(C2=C(Nc3ccc(N4CCN(CC)CC4)cc3)C(=O)N(CC)C2=O)cc1. The van der Waals surface area contributed by atoms with Crippen LogP contribution in [-0.4, -0.2) is 67.5 Å². The molecule has 0 radical (unpaired) electrons. The lowest BCUT2D eigenvalue weighted by molar-refractivity contribution is -0.136. The normalized spacial score (nSPS) is 17.2. The number of carbonyl (C=O) groups is 2. The third kappa shape index (κ3) is 4.73. The number of nitrogens with one attached hydrogen (secondary N) is 1. The van der Waals surface area contributed by atoms with Crippen molar-refractivity contribution in [1.29, 1.82) is 0 Å². The van der Waals surface area contributed by atoms with Gasteiger partial charge in [-0.2, -0.15) is 0 Å². The van der Waals surface area contributed by atoms with Crippen LogP contribution in [0.2, 0.25) is 0 Å². The molecule has 174 valence electrons. The molecule has 0 bridgehead atoms. The first-order valence-electron chi connectivity index (χ1n) is 11.7. The van der Waals surface area contributed by atoms with E-state index in [1.54, 1.807) is 0 Å². The molecule has 1 N–H and O–H groups in total. The van der Waals surface area contributed by atoms with Crippen LogP contribution in [0.25, 0.3) is 5.57 Å². The molecule has 2 aromatic carbocycles. The van der Waals surface area contributed by atoms with Crippen LogP contribution in [0.5, 0.6) is 5.75 Å². The number of carbonyl (C=O) groups excluding carboxylic acids is 2. The Labute approximate surface area is 195 Å². The van der Waals surface area contributed by atoms with E-state index in [0.29, 0.717) is 30.0 Å². The van der Waals surface area contributed by atoms with E-state index in [0.717, 1.165) is 44.2 Å². The molecule has 33 heavy (non-hydrogen) atoms. The van der Waals surface area contributed by atoms with Crippen molar-refractivity contribution < 1.29 is 14.3 Å². The Morgan fingerprint density at radius 2 is 1.48 bits per heavy atom. The molecular formula is C26H32N4O3. The average molecular weight is 449 g/mol. The molecule has 2 amide bonds. The number of ether oxygens (including phenoxy) is 1. The molecule has 0 aliphatic carbocycles. The van der Waals surface area contributed by atoms with Crippen molar-refractivity contribution in [1.82, 2.24) is 9.80 Å². The smallest absolute Gasteiger partial charge is 0.278 e. The largest absolute Gasteiger partial charge is 0.494 e. The van der Waals surface area contributed by atoms with Crippen LogP contribution in [-0.2, 0) is 9.59 Å². The summed E-state index contributed by atoms with van der Waals surface area (Å²) in [5.41, 5.74) is 3.35. The second-order valence-corrected chi connectivity index (χ2v) is 8.16. The summed E-state index contributed by atoms with van der Waals surface area (Å²) in [4.78, 5) is 32.2. The van der Waals surface area contributed by atoms with Crippen LogP contribution >= 0.6 is 0 Å². The van der Waals surface area contributed by atoms with E-state index in [-0.39, 0.29) is 11.8 Å². The zero-order valence-electron chi connectivity index (χ0n) is 19.6. The molecule has 4 rings (SSSR count). The van der Waals surface area contributed by atoms with Crippen molar-refractivity contribution in [2.45, 2.75) is 20.8 Å². The molecule has 0 spiro atoms. The predicted molar refractivity (Wildman–Crippen MR) is 131 cm³/mol. The highest BCUT2D eigenvalue weighted by atomic mass is 16.5. The highest BCUT2D eigenvalue weighted by molar-refractivity contribution is 6.36. The van der Waals surface area contributed by atoms with E-state index >= 15 is 0 Å². The van der Waals surface area contributed by atoms with Gasteiger partial charge in [-0.25, -0.2) is 0 Å². The van der Waals surface area contributed by atoms with Crippen LogP contribution in [0, 0.1) is 0 Å². The predicted octanol–water partition coefficient (Wildman–Crippen LogP) is 3.44. The van der Waals surface area contributed by atoms with E-state index < -0.39 is 0 Å². The van der Waals surface area contributed by atoms with E-state index in [1.165, 1.54) is 10.6 Å². The Kier molecular flexibility index (Phi) is 6.99. The fourth-order valence-corrected chi connectivity index (χ4v) is 4.35. The Hall–Kier alpha value is -3.32. The van der Waals surface area contributed by atoms with Crippen LogP contribution in [0.3, 0.4) is 0 Å². The fourth-order valence-electron chi connectivity index (χ4n) is 4.35. The van der Waals surface area contributed by atoms with E-state index in [4.69, 9.17) is 4.74 Å². The summed E-state index contributed by atoms with van der Waals surface area (Å²) < 4.78 is 5.51. The first kappa shape index (κ1) is 22.9. The van der Waals surface area contributed by atoms with Crippen LogP contribution in [0.15, 0.2) is 54.2 Å². The summed E-state index contributed by atoms with van der Waals surface area (Å²) in [6.45, 7) is 12.1. The Morgan fingerprint density at radius 1 is 0.818 bits per heavy atom. The maximum atomic E-state index is 13.0. The third-order valence-electron chi connectivity index (χ3n) is 6.26. The molecule has 1 saturated heterocycles. The lowest BCUT2D eigenvalue weighted by atomic mass is 10.0. The second-order valence-electron chi connectivity index (χ2n) is 8.16. The van der Waals surface area contributed by atoms with E-state index in [2.05, 4.69) is 34.2 Å². The standard InChI is InChI=1S/C26H32N4O3/c1-4-28-15-17-29(18-16-28)21-11-9-20(10-12-21)27-24-23(25(31)30(5-2)26(24)32)19-7-13-22(14-8-19)33-6-3/h7-14,27H,4-6,15-18H2,1-3H3. The molecule has 1 fully saturated rings. The van der Waals surface area contributed by atoms with Gasteiger partial charge in [0, 0.05) is 44.1 Å². The van der Waals surface area contributed by atoms with Crippen molar-refractivity contribution >= 4 is 28.8 Å². The van der Waals surface area contributed by atoms with Gasteiger partial charge < -0.3 is 19.9 Å². The molecule has 7 heteroatoms. The van der Waals surface area contributed by atoms with Gasteiger partial charge in [-0.05, 0) is 62.4 Å². The lowest BCUT2D eigenvalue weighted by Crippen LogP contribution is -2.46. The Balaban J connectivity index is 1.57. The minimum Gasteiger partial charge on any atom is -0.494 e. The molecule has 2 aliphatic rings. The highest BCUT2D eigenvalue weighted by Gasteiger charge is 2.38. The third-order valence-corrected chi connectivity index (χ3v) is 6.26. The number of nitrogens with zero attached hydrogens (tertiary/aromatic N) is 3. The molecule has 0 unspecified atom stereocenters. The van der Waals surface area contributed by atoms with Crippen LogP contribution in [0.4, 0.5) is 11.4 Å². The number of imide groups is 1. The number of benzene rings is 2. The first-order chi connectivity index (χ1) is 16.0. The number of rotatable bonds is 8. The quantitative estimate of drug-likeness (QED) is 0.624. The topological polar surface area (TPSA) is 65.1 Å². The van der Waals surface area contributed by atoms with E-state index in [9.17, 15) is 9.59 Å². The lowest BCUT2D eigenvalue weighted by Gasteiger charge is -2.35. The Bertz CT molecular complexity index is 1020. The van der Waals surface area contributed by atoms with Crippen molar-refractivity contribution in [2.24, 2.45) is 0 Å².